The van der Waals surface area contributed by atoms with E-state index in [0.29, 0.717) is 11.1 Å². The Hall–Kier alpha value is -2.94. The Bertz CT molecular complexity index is 937. The summed E-state index contributed by atoms with van der Waals surface area (Å²) < 4.78 is 27.4. The molecular weight excluding hydrogens is 336 g/mol. The number of aromatic carboxylic acids is 1. The van der Waals surface area contributed by atoms with Gasteiger partial charge < -0.3 is 5.11 Å². The number of carboxylic acid groups (broad SMARTS) is 1. The van der Waals surface area contributed by atoms with Gasteiger partial charge in [-0.25, -0.2) is 13.2 Å². The van der Waals surface area contributed by atoms with Gasteiger partial charge in [0.15, 0.2) is 0 Å². The van der Waals surface area contributed by atoms with Gasteiger partial charge in [-0.1, -0.05) is 12.1 Å². The third kappa shape index (κ3) is 3.51. The van der Waals surface area contributed by atoms with Gasteiger partial charge in [0, 0.05) is 12.1 Å². The molecule has 0 amide bonds. The second-order valence-electron chi connectivity index (χ2n) is 5.15. The zero-order valence-corrected chi connectivity index (χ0v) is 13.6. The molecule has 0 aliphatic carbocycles. The number of nitro groups is 1. The molecule has 0 unspecified atom stereocenters. The maximum atomic E-state index is 12.5. The van der Waals surface area contributed by atoms with E-state index < -0.39 is 20.9 Å². The number of sulfonamides is 1. The highest BCUT2D eigenvalue weighted by atomic mass is 32.2. The van der Waals surface area contributed by atoms with Crippen molar-refractivity contribution in [3.8, 4) is 0 Å². The Morgan fingerprint density at radius 3 is 2.33 bits per heavy atom. The summed E-state index contributed by atoms with van der Waals surface area (Å²) in [5, 5.41) is 19.9. The SMILES string of the molecule is Cc1ccc(C(=O)O)cc1NS(=O)(=O)c1cc([N+](=O)[O-])ccc1C. The minimum atomic E-state index is -4.11. The fraction of sp³-hybridized carbons (Fsp3) is 0.133. The molecule has 0 heterocycles. The molecule has 24 heavy (non-hydrogen) atoms. The second-order valence-corrected chi connectivity index (χ2v) is 6.80. The van der Waals surface area contributed by atoms with Crippen LogP contribution < -0.4 is 4.72 Å². The van der Waals surface area contributed by atoms with E-state index in [2.05, 4.69) is 4.72 Å². The number of carbonyl (C=O) groups is 1. The van der Waals surface area contributed by atoms with Crippen molar-refractivity contribution in [3.63, 3.8) is 0 Å². The lowest BCUT2D eigenvalue weighted by atomic mass is 10.1. The highest BCUT2D eigenvalue weighted by molar-refractivity contribution is 7.92. The average molecular weight is 350 g/mol. The molecule has 0 atom stereocenters. The molecular formula is C15H14N2O6S. The molecule has 2 aromatic carbocycles. The predicted molar refractivity (Wildman–Crippen MR) is 86.8 cm³/mol. The first-order valence-corrected chi connectivity index (χ1v) is 8.22. The zero-order chi connectivity index (χ0) is 18.1. The van der Waals surface area contributed by atoms with Crippen molar-refractivity contribution in [2.24, 2.45) is 0 Å². The van der Waals surface area contributed by atoms with Crippen LogP contribution in [0.2, 0.25) is 0 Å². The smallest absolute Gasteiger partial charge is 0.335 e. The van der Waals surface area contributed by atoms with E-state index in [1.807, 2.05) is 0 Å². The van der Waals surface area contributed by atoms with Crippen molar-refractivity contribution in [2.45, 2.75) is 18.7 Å². The van der Waals surface area contributed by atoms with Crippen LogP contribution in [0.3, 0.4) is 0 Å². The molecule has 0 saturated heterocycles. The fourth-order valence-electron chi connectivity index (χ4n) is 2.06. The molecule has 2 rings (SSSR count). The van der Waals surface area contributed by atoms with Crippen molar-refractivity contribution in [2.75, 3.05) is 4.72 Å². The Morgan fingerprint density at radius 2 is 1.75 bits per heavy atom. The Morgan fingerprint density at radius 1 is 1.12 bits per heavy atom. The standard InChI is InChI=1S/C15H14N2O6S/c1-9-3-5-11(15(18)19)7-13(9)16-24(22,23)14-8-12(17(20)21)6-4-10(14)2/h3-8,16H,1-2H3,(H,18,19). The van der Waals surface area contributed by atoms with Crippen LogP contribution in [0.5, 0.6) is 0 Å². The molecule has 126 valence electrons. The Balaban J connectivity index is 2.50. The Kier molecular flexibility index (Phi) is 4.56. The number of non-ortho nitro benzene ring substituents is 1. The van der Waals surface area contributed by atoms with Crippen LogP contribution >= 0.6 is 0 Å². The number of hydrogen-bond donors (Lipinski definition) is 2. The van der Waals surface area contributed by atoms with E-state index in [0.717, 1.165) is 6.07 Å². The minimum Gasteiger partial charge on any atom is -0.478 e. The second kappa shape index (κ2) is 6.28. The number of hydrogen-bond acceptors (Lipinski definition) is 5. The normalized spacial score (nSPS) is 11.1. The number of aryl methyl sites for hydroxylation is 2. The number of rotatable bonds is 5. The lowest BCUT2D eigenvalue weighted by Crippen LogP contribution is -2.16. The number of nitrogens with one attached hydrogen (secondary N) is 1. The van der Waals surface area contributed by atoms with Crippen LogP contribution in [0, 0.1) is 24.0 Å². The van der Waals surface area contributed by atoms with Crippen molar-refractivity contribution >= 4 is 27.4 Å². The summed E-state index contributed by atoms with van der Waals surface area (Å²) in [5.74, 6) is -1.19. The van der Waals surface area contributed by atoms with Crippen molar-refractivity contribution in [3.05, 3.63) is 63.2 Å². The molecule has 0 aliphatic rings. The molecule has 2 aromatic rings. The molecule has 8 nitrogen and oxygen atoms in total. The number of nitro benzene ring substituents is 1. The van der Waals surface area contributed by atoms with Crippen LogP contribution in [0.15, 0.2) is 41.3 Å². The summed E-state index contributed by atoms with van der Waals surface area (Å²) in [4.78, 5) is 20.9. The molecule has 0 spiro atoms. The van der Waals surface area contributed by atoms with Gasteiger partial charge in [0.1, 0.15) is 0 Å². The van der Waals surface area contributed by atoms with Crippen molar-refractivity contribution in [1.82, 2.24) is 0 Å². The first kappa shape index (κ1) is 17.4. The van der Waals surface area contributed by atoms with Crippen LogP contribution in [0.25, 0.3) is 0 Å². The molecule has 0 bridgehead atoms. The summed E-state index contributed by atoms with van der Waals surface area (Å²) >= 11 is 0. The van der Waals surface area contributed by atoms with Gasteiger partial charge in [0.2, 0.25) is 0 Å². The summed E-state index contributed by atoms with van der Waals surface area (Å²) in [6.07, 6.45) is 0. The topological polar surface area (TPSA) is 127 Å². The van der Waals surface area contributed by atoms with E-state index in [1.54, 1.807) is 6.92 Å². The van der Waals surface area contributed by atoms with Crippen LogP contribution in [0.1, 0.15) is 21.5 Å². The third-order valence-electron chi connectivity index (χ3n) is 3.40. The van der Waals surface area contributed by atoms with Crippen LogP contribution in [-0.2, 0) is 10.0 Å². The number of anilines is 1. The predicted octanol–water partition coefficient (Wildman–Crippen LogP) is 2.71. The van der Waals surface area contributed by atoms with E-state index in [1.165, 1.54) is 37.3 Å². The van der Waals surface area contributed by atoms with Crippen molar-refractivity contribution < 1.29 is 23.2 Å². The van der Waals surface area contributed by atoms with Gasteiger partial charge >= 0.3 is 5.97 Å². The largest absolute Gasteiger partial charge is 0.478 e. The first-order valence-electron chi connectivity index (χ1n) is 6.73. The molecule has 0 saturated carbocycles. The van der Waals surface area contributed by atoms with Gasteiger partial charge in [-0.2, -0.15) is 0 Å². The highest BCUT2D eigenvalue weighted by Gasteiger charge is 2.21. The summed E-state index contributed by atoms with van der Waals surface area (Å²) in [6.45, 7) is 3.13. The number of benzene rings is 2. The third-order valence-corrected chi connectivity index (χ3v) is 4.91. The molecule has 0 radical (unpaired) electrons. The van der Waals surface area contributed by atoms with Crippen LogP contribution in [-0.4, -0.2) is 24.4 Å². The highest BCUT2D eigenvalue weighted by Crippen LogP contribution is 2.26. The monoisotopic (exact) mass is 350 g/mol. The maximum absolute atomic E-state index is 12.5. The number of nitrogens with zero attached hydrogens (tertiary/aromatic N) is 1. The Labute approximate surface area is 138 Å². The molecule has 9 heteroatoms. The lowest BCUT2D eigenvalue weighted by molar-refractivity contribution is -0.385. The average Bonchev–Trinajstić information content (AvgIpc) is 2.49. The number of carboxylic acids is 1. The van der Waals surface area contributed by atoms with E-state index >= 15 is 0 Å². The van der Waals surface area contributed by atoms with Gasteiger partial charge in [0.05, 0.1) is 21.1 Å². The summed E-state index contributed by atoms with van der Waals surface area (Å²) in [5.41, 5.74) is 0.527. The van der Waals surface area contributed by atoms with E-state index in [-0.39, 0.29) is 21.8 Å². The van der Waals surface area contributed by atoms with E-state index in [4.69, 9.17) is 5.11 Å². The van der Waals surface area contributed by atoms with Gasteiger partial charge in [0.25, 0.3) is 15.7 Å². The molecule has 2 N–H and O–H groups in total. The fourth-order valence-corrected chi connectivity index (χ4v) is 3.44. The molecule has 0 aliphatic heterocycles. The van der Waals surface area contributed by atoms with Crippen molar-refractivity contribution in [1.29, 1.82) is 0 Å². The minimum absolute atomic E-state index is 0.0749. The molecule has 0 aromatic heterocycles. The molecule has 0 fully saturated rings. The van der Waals surface area contributed by atoms with Crippen LogP contribution in [0.4, 0.5) is 11.4 Å². The first-order chi connectivity index (χ1) is 11.1. The quantitative estimate of drug-likeness (QED) is 0.630. The van der Waals surface area contributed by atoms with Gasteiger partial charge in [-0.3, -0.25) is 14.8 Å². The summed E-state index contributed by atoms with van der Waals surface area (Å²) in [6, 6.07) is 7.55. The zero-order valence-electron chi connectivity index (χ0n) is 12.8. The lowest BCUT2D eigenvalue weighted by Gasteiger charge is -2.13. The summed E-state index contributed by atoms with van der Waals surface area (Å²) in [7, 11) is -4.11. The van der Waals surface area contributed by atoms with E-state index in [9.17, 15) is 23.3 Å². The van der Waals surface area contributed by atoms with Gasteiger partial charge in [-0.05, 0) is 37.1 Å². The van der Waals surface area contributed by atoms with Gasteiger partial charge in [-0.15, -0.1) is 0 Å². The maximum Gasteiger partial charge on any atom is 0.335 e.